The molecular weight excluding hydrogens is 354 g/mol. The highest BCUT2D eigenvalue weighted by Gasteiger charge is 2.28. The van der Waals surface area contributed by atoms with Crippen LogP contribution in [-0.4, -0.2) is 42.6 Å². The van der Waals surface area contributed by atoms with E-state index in [1.807, 2.05) is 30.3 Å². The Balaban J connectivity index is 1.35. The van der Waals surface area contributed by atoms with Crippen molar-refractivity contribution in [2.75, 3.05) is 37.0 Å². The Kier molecular flexibility index (Phi) is 5.60. The van der Waals surface area contributed by atoms with Gasteiger partial charge in [0.25, 0.3) is 0 Å². The van der Waals surface area contributed by atoms with Crippen molar-refractivity contribution in [2.24, 2.45) is 11.8 Å². The topological polar surface area (TPSA) is 79.4 Å². The van der Waals surface area contributed by atoms with E-state index in [2.05, 4.69) is 25.5 Å². The molecule has 0 radical (unpaired) electrons. The third-order valence-corrected chi connectivity index (χ3v) is 5.42. The summed E-state index contributed by atoms with van der Waals surface area (Å²) in [7, 11) is 1.65. The molecule has 2 heterocycles. The van der Waals surface area contributed by atoms with Gasteiger partial charge in [0.15, 0.2) is 0 Å². The van der Waals surface area contributed by atoms with Gasteiger partial charge in [-0.3, -0.25) is 4.79 Å². The lowest BCUT2D eigenvalue weighted by molar-refractivity contribution is -0.125. The number of carbonyl (C=O) groups is 1. The normalized spacial score (nSPS) is 17.2. The number of benzene rings is 1. The molecule has 1 saturated carbocycles. The summed E-state index contributed by atoms with van der Waals surface area (Å²) >= 11 is 0. The second-order valence-electron chi connectivity index (χ2n) is 7.52. The number of hydrogen-bond acceptors (Lipinski definition) is 6. The van der Waals surface area contributed by atoms with Crippen LogP contribution in [0.4, 0.5) is 17.5 Å². The highest BCUT2D eigenvalue weighted by molar-refractivity contribution is 5.79. The quantitative estimate of drug-likeness (QED) is 0.768. The maximum atomic E-state index is 12.3. The lowest BCUT2D eigenvalue weighted by Crippen LogP contribution is -2.41. The highest BCUT2D eigenvalue weighted by atomic mass is 16.5. The number of anilines is 3. The molecule has 4 rings (SSSR count). The fourth-order valence-corrected chi connectivity index (χ4v) is 3.51. The van der Waals surface area contributed by atoms with Crippen LogP contribution >= 0.6 is 0 Å². The van der Waals surface area contributed by atoms with Gasteiger partial charge < -0.3 is 20.3 Å². The summed E-state index contributed by atoms with van der Waals surface area (Å²) in [5, 5.41) is 6.40. The average Bonchev–Trinajstić information content (AvgIpc) is 3.57. The number of para-hydroxylation sites is 2. The summed E-state index contributed by atoms with van der Waals surface area (Å²) in [5.41, 5.74) is 0.862. The summed E-state index contributed by atoms with van der Waals surface area (Å²) in [6, 6.07) is 9.58. The fourth-order valence-electron chi connectivity index (χ4n) is 3.51. The van der Waals surface area contributed by atoms with Gasteiger partial charge in [0, 0.05) is 31.7 Å². The molecule has 2 fully saturated rings. The maximum Gasteiger partial charge on any atom is 0.227 e. The summed E-state index contributed by atoms with van der Waals surface area (Å²) < 4.78 is 5.38. The van der Waals surface area contributed by atoms with Crippen LogP contribution < -0.4 is 20.3 Å². The van der Waals surface area contributed by atoms with Crippen LogP contribution in [0.2, 0.25) is 0 Å². The van der Waals surface area contributed by atoms with Crippen molar-refractivity contribution in [1.29, 1.82) is 0 Å². The van der Waals surface area contributed by atoms with Crippen LogP contribution in [0.5, 0.6) is 5.75 Å². The summed E-state index contributed by atoms with van der Waals surface area (Å²) in [6.45, 7) is 2.43. The minimum absolute atomic E-state index is 0.102. The van der Waals surface area contributed by atoms with E-state index in [-0.39, 0.29) is 11.8 Å². The molecule has 1 aromatic carbocycles. The molecule has 1 amide bonds. The zero-order valence-corrected chi connectivity index (χ0v) is 16.2. The average molecular weight is 381 g/mol. The predicted molar refractivity (Wildman–Crippen MR) is 109 cm³/mol. The number of ether oxygens (including phenoxy) is 1. The van der Waals surface area contributed by atoms with E-state index < -0.39 is 0 Å². The van der Waals surface area contributed by atoms with Gasteiger partial charge in [-0.1, -0.05) is 12.1 Å². The molecule has 7 nitrogen and oxygen atoms in total. The number of carbonyl (C=O) groups excluding carboxylic acids is 1. The summed E-state index contributed by atoms with van der Waals surface area (Å²) in [5.74, 6) is 3.20. The van der Waals surface area contributed by atoms with Crippen molar-refractivity contribution in [3.63, 3.8) is 0 Å². The second kappa shape index (κ2) is 8.46. The molecule has 0 atom stereocenters. The molecular formula is C21H27N5O2. The van der Waals surface area contributed by atoms with Gasteiger partial charge in [0.05, 0.1) is 12.8 Å². The molecule has 1 saturated heterocycles. The molecule has 0 bridgehead atoms. The van der Waals surface area contributed by atoms with Crippen molar-refractivity contribution in [1.82, 2.24) is 15.3 Å². The van der Waals surface area contributed by atoms with E-state index in [0.717, 1.165) is 55.6 Å². The first kappa shape index (κ1) is 18.5. The SMILES string of the molecule is COc1ccccc1Nc1ccnc(N2CCC(C(=O)NCC3CC3)CC2)n1. The number of rotatable bonds is 7. The van der Waals surface area contributed by atoms with Crippen molar-refractivity contribution in [3.05, 3.63) is 36.5 Å². The number of methoxy groups -OCH3 is 1. The van der Waals surface area contributed by atoms with Crippen LogP contribution in [-0.2, 0) is 4.79 Å². The zero-order valence-electron chi connectivity index (χ0n) is 16.2. The Morgan fingerprint density at radius 3 is 2.71 bits per heavy atom. The molecule has 7 heteroatoms. The Labute approximate surface area is 165 Å². The molecule has 1 aliphatic heterocycles. The monoisotopic (exact) mass is 381 g/mol. The number of nitrogens with one attached hydrogen (secondary N) is 2. The van der Waals surface area contributed by atoms with Crippen LogP contribution in [0.1, 0.15) is 25.7 Å². The Morgan fingerprint density at radius 1 is 1.18 bits per heavy atom. The number of amides is 1. The van der Waals surface area contributed by atoms with Crippen LogP contribution in [0.3, 0.4) is 0 Å². The molecule has 2 aliphatic rings. The van der Waals surface area contributed by atoms with E-state index in [1.54, 1.807) is 13.3 Å². The van der Waals surface area contributed by atoms with Crippen molar-refractivity contribution in [2.45, 2.75) is 25.7 Å². The largest absolute Gasteiger partial charge is 0.495 e. The smallest absolute Gasteiger partial charge is 0.227 e. The molecule has 148 valence electrons. The van der Waals surface area contributed by atoms with Crippen LogP contribution in [0.15, 0.2) is 36.5 Å². The minimum atomic E-state index is 0.102. The third kappa shape index (κ3) is 4.52. The van der Waals surface area contributed by atoms with E-state index in [4.69, 9.17) is 4.74 Å². The molecule has 0 spiro atoms. The van der Waals surface area contributed by atoms with Gasteiger partial charge in [-0.25, -0.2) is 4.98 Å². The molecule has 2 N–H and O–H groups in total. The Hall–Kier alpha value is -2.83. The van der Waals surface area contributed by atoms with Crippen molar-refractivity contribution in [3.8, 4) is 5.75 Å². The van der Waals surface area contributed by atoms with E-state index in [1.165, 1.54) is 12.8 Å². The highest BCUT2D eigenvalue weighted by Crippen LogP contribution is 2.29. The molecule has 2 aromatic rings. The first-order valence-corrected chi connectivity index (χ1v) is 9.98. The van der Waals surface area contributed by atoms with E-state index in [0.29, 0.717) is 5.95 Å². The Morgan fingerprint density at radius 2 is 1.96 bits per heavy atom. The number of piperidine rings is 1. The van der Waals surface area contributed by atoms with E-state index >= 15 is 0 Å². The molecule has 1 aromatic heterocycles. The first-order chi connectivity index (χ1) is 13.7. The van der Waals surface area contributed by atoms with Crippen molar-refractivity contribution < 1.29 is 9.53 Å². The van der Waals surface area contributed by atoms with E-state index in [9.17, 15) is 4.79 Å². The second-order valence-corrected chi connectivity index (χ2v) is 7.52. The van der Waals surface area contributed by atoms with Gasteiger partial charge in [-0.15, -0.1) is 0 Å². The molecule has 1 aliphatic carbocycles. The van der Waals surface area contributed by atoms with Crippen molar-refractivity contribution >= 4 is 23.4 Å². The zero-order chi connectivity index (χ0) is 19.3. The lowest BCUT2D eigenvalue weighted by Gasteiger charge is -2.31. The van der Waals surface area contributed by atoms with Gasteiger partial charge in [0.1, 0.15) is 11.6 Å². The van der Waals surface area contributed by atoms with Crippen LogP contribution in [0, 0.1) is 11.8 Å². The number of nitrogens with zero attached hydrogens (tertiary/aromatic N) is 3. The van der Waals surface area contributed by atoms with Crippen LogP contribution in [0.25, 0.3) is 0 Å². The molecule has 0 unspecified atom stereocenters. The Bertz CT molecular complexity index is 816. The lowest BCUT2D eigenvalue weighted by atomic mass is 9.96. The first-order valence-electron chi connectivity index (χ1n) is 9.98. The third-order valence-electron chi connectivity index (χ3n) is 5.42. The summed E-state index contributed by atoms with van der Waals surface area (Å²) in [6.07, 6.45) is 5.95. The fraction of sp³-hybridized carbons (Fsp3) is 0.476. The van der Waals surface area contributed by atoms with Gasteiger partial charge >= 0.3 is 0 Å². The number of hydrogen-bond donors (Lipinski definition) is 2. The van der Waals surface area contributed by atoms with Gasteiger partial charge in [-0.2, -0.15) is 4.98 Å². The standard InChI is InChI=1S/C21H27N5O2/c1-28-18-5-3-2-4-17(18)24-19-8-11-22-21(25-19)26-12-9-16(10-13-26)20(27)23-14-15-6-7-15/h2-5,8,11,15-16H,6-7,9-10,12-14H2,1H3,(H,23,27)(H,22,24,25). The number of aromatic nitrogens is 2. The predicted octanol–water partition coefficient (Wildman–Crippen LogP) is 2.97. The maximum absolute atomic E-state index is 12.3. The minimum Gasteiger partial charge on any atom is -0.495 e. The van der Waals surface area contributed by atoms with Gasteiger partial charge in [0.2, 0.25) is 11.9 Å². The van der Waals surface area contributed by atoms with Gasteiger partial charge in [-0.05, 0) is 49.8 Å². The molecule has 28 heavy (non-hydrogen) atoms. The summed E-state index contributed by atoms with van der Waals surface area (Å²) in [4.78, 5) is 23.5.